The van der Waals surface area contributed by atoms with Crippen LogP contribution < -0.4 is 0 Å². The highest BCUT2D eigenvalue weighted by molar-refractivity contribution is 7.41. The van der Waals surface area contributed by atoms with Crippen LogP contribution in [0.2, 0.25) is 0 Å². The summed E-state index contributed by atoms with van der Waals surface area (Å²) in [7, 11) is 0. The Hall–Kier alpha value is -0.980. The molecule has 0 N–H and O–H groups in total. The minimum absolute atomic E-state index is 1.38. The fraction of sp³-hybridized carbons (Fsp3) is 0. The fourth-order valence-electron chi connectivity index (χ4n) is 2.42. The van der Waals surface area contributed by atoms with Gasteiger partial charge >= 0.3 is 0 Å². The lowest BCUT2D eigenvalue weighted by molar-refractivity contribution is 1.97. The second-order valence-corrected chi connectivity index (χ2v) is 9.75. The van der Waals surface area contributed by atoms with E-state index in [-0.39, 0.29) is 0 Å². The lowest BCUT2D eigenvalue weighted by atomic mass is 10.3. The third kappa shape index (κ3) is 1.96. The Balaban J connectivity index is 1.72. The van der Waals surface area contributed by atoms with Gasteiger partial charge in [0.25, 0.3) is 0 Å². The highest BCUT2D eigenvalue weighted by Crippen LogP contribution is 2.48. The van der Waals surface area contributed by atoms with E-state index in [0.717, 1.165) is 0 Å². The molecule has 0 amide bonds. The van der Waals surface area contributed by atoms with Crippen LogP contribution in [0.25, 0.3) is 38.3 Å². The number of thiophene rings is 5. The van der Waals surface area contributed by atoms with Crippen LogP contribution in [0.1, 0.15) is 0 Å². The van der Waals surface area contributed by atoms with Gasteiger partial charge in [0.1, 0.15) is 0 Å². The Morgan fingerprint density at radius 2 is 1.10 bits per heavy atom. The van der Waals surface area contributed by atoms with Crippen molar-refractivity contribution >= 4 is 75.5 Å². The van der Waals surface area contributed by atoms with Crippen molar-refractivity contribution < 1.29 is 0 Å². The molecule has 0 saturated heterocycles. The normalized spacial score (nSPS) is 11.8. The highest BCUT2D eigenvalue weighted by Gasteiger charge is 2.15. The Kier molecular flexibility index (Phi) is 2.85. The monoisotopic (exact) mass is 360 g/mol. The van der Waals surface area contributed by atoms with E-state index in [0.29, 0.717) is 0 Å². The molecule has 0 fully saturated rings. The Labute approximate surface area is 141 Å². The molecule has 0 aliphatic heterocycles. The molecule has 0 radical (unpaired) electrons. The van der Waals surface area contributed by atoms with Gasteiger partial charge in [-0.15, -0.1) is 56.7 Å². The SMILES string of the molecule is c1csc(-c2cc3sc4cc(-c5cccs5)sc4c3s2)c1. The molecule has 0 bridgehead atoms. The molecule has 21 heavy (non-hydrogen) atoms. The molecule has 5 heterocycles. The van der Waals surface area contributed by atoms with Crippen molar-refractivity contribution in [3.8, 4) is 19.5 Å². The lowest BCUT2D eigenvalue weighted by Crippen LogP contribution is -1.56. The zero-order valence-corrected chi connectivity index (χ0v) is 14.7. The zero-order chi connectivity index (χ0) is 13.8. The first-order valence-corrected chi connectivity index (χ1v) is 10.6. The summed E-state index contributed by atoms with van der Waals surface area (Å²) >= 11 is 9.45. The van der Waals surface area contributed by atoms with Gasteiger partial charge < -0.3 is 0 Å². The van der Waals surface area contributed by atoms with Crippen LogP contribution in [0, 0.1) is 0 Å². The molecule has 0 unspecified atom stereocenters. The lowest BCUT2D eigenvalue weighted by Gasteiger charge is -1.87. The van der Waals surface area contributed by atoms with Crippen LogP contribution in [-0.2, 0) is 0 Å². The van der Waals surface area contributed by atoms with Crippen molar-refractivity contribution in [1.29, 1.82) is 0 Å². The smallest absolute Gasteiger partial charge is 0.0636 e. The van der Waals surface area contributed by atoms with E-state index in [1.165, 1.54) is 38.3 Å². The van der Waals surface area contributed by atoms with E-state index >= 15 is 0 Å². The van der Waals surface area contributed by atoms with E-state index < -0.39 is 0 Å². The summed E-state index contributed by atoms with van der Waals surface area (Å²) in [5, 5.41) is 4.30. The first-order chi connectivity index (χ1) is 10.4. The zero-order valence-electron chi connectivity index (χ0n) is 10.7. The molecule has 0 spiro atoms. The molecule has 5 heteroatoms. The minimum Gasteiger partial charge on any atom is -0.143 e. The van der Waals surface area contributed by atoms with Gasteiger partial charge in [0.15, 0.2) is 0 Å². The summed E-state index contributed by atoms with van der Waals surface area (Å²) in [4.78, 5) is 5.57. The van der Waals surface area contributed by atoms with Crippen LogP contribution in [-0.4, -0.2) is 0 Å². The van der Waals surface area contributed by atoms with Crippen molar-refractivity contribution in [3.05, 3.63) is 47.2 Å². The van der Waals surface area contributed by atoms with Crippen molar-refractivity contribution in [3.63, 3.8) is 0 Å². The van der Waals surface area contributed by atoms with Gasteiger partial charge in [-0.1, -0.05) is 12.1 Å². The van der Waals surface area contributed by atoms with Gasteiger partial charge in [0.05, 0.1) is 9.40 Å². The average Bonchev–Trinajstić information content (AvgIpc) is 3.25. The standard InChI is InChI=1S/C16H8S5/c1-3-9(17-5-1)11-7-13-15(20-11)16-14(19-13)8-12(21-16)10-4-2-6-18-10/h1-8H. The predicted molar refractivity (Wildman–Crippen MR) is 102 cm³/mol. The summed E-state index contributed by atoms with van der Waals surface area (Å²) in [5.74, 6) is 0. The molecule has 0 atom stereocenters. The molecule has 0 saturated carbocycles. The first-order valence-electron chi connectivity index (χ1n) is 6.42. The molecule has 5 rings (SSSR count). The second-order valence-electron chi connectivity index (χ2n) is 4.66. The van der Waals surface area contributed by atoms with E-state index in [1.54, 1.807) is 0 Å². The van der Waals surface area contributed by atoms with E-state index in [4.69, 9.17) is 0 Å². The molecule has 0 nitrogen and oxygen atoms in total. The third-order valence-corrected chi connectivity index (χ3v) is 9.26. The summed E-state index contributed by atoms with van der Waals surface area (Å²) in [5.41, 5.74) is 0. The van der Waals surface area contributed by atoms with E-state index in [9.17, 15) is 0 Å². The van der Waals surface area contributed by atoms with Gasteiger partial charge in [-0.3, -0.25) is 0 Å². The first kappa shape index (κ1) is 12.6. The molecular weight excluding hydrogens is 353 g/mol. The molecule has 102 valence electrons. The summed E-state index contributed by atoms with van der Waals surface area (Å²) in [6.45, 7) is 0. The number of rotatable bonds is 2. The Morgan fingerprint density at radius 3 is 1.52 bits per heavy atom. The van der Waals surface area contributed by atoms with E-state index in [1.807, 2.05) is 56.7 Å². The maximum atomic E-state index is 2.36. The topological polar surface area (TPSA) is 0 Å². The second kappa shape index (κ2) is 4.76. The van der Waals surface area contributed by atoms with Crippen molar-refractivity contribution in [2.24, 2.45) is 0 Å². The molecule has 0 aromatic carbocycles. The maximum absolute atomic E-state index is 2.36. The fourth-order valence-corrected chi connectivity index (χ4v) is 8.09. The molecular formula is C16H8S5. The Morgan fingerprint density at radius 1 is 0.571 bits per heavy atom. The van der Waals surface area contributed by atoms with Crippen molar-refractivity contribution in [2.75, 3.05) is 0 Å². The summed E-state index contributed by atoms with van der Waals surface area (Å²) in [6.07, 6.45) is 0. The molecule has 0 aliphatic carbocycles. The largest absolute Gasteiger partial charge is 0.143 e. The van der Waals surface area contributed by atoms with Crippen molar-refractivity contribution in [1.82, 2.24) is 0 Å². The molecule has 5 aromatic heterocycles. The average molecular weight is 361 g/mol. The van der Waals surface area contributed by atoms with Gasteiger partial charge in [-0.25, -0.2) is 0 Å². The quantitative estimate of drug-likeness (QED) is 0.303. The molecule has 0 aliphatic rings. The predicted octanol–water partition coefficient (Wildman–Crippen LogP) is 7.63. The van der Waals surface area contributed by atoms with Crippen LogP contribution in [0.5, 0.6) is 0 Å². The van der Waals surface area contributed by atoms with Crippen LogP contribution >= 0.6 is 56.7 Å². The van der Waals surface area contributed by atoms with Gasteiger partial charge in [-0.2, -0.15) is 0 Å². The van der Waals surface area contributed by atoms with E-state index in [2.05, 4.69) is 47.2 Å². The Bertz CT molecular complexity index is 939. The maximum Gasteiger partial charge on any atom is 0.0636 e. The molecule has 5 aromatic rings. The highest BCUT2D eigenvalue weighted by atomic mass is 32.1. The van der Waals surface area contributed by atoms with Crippen LogP contribution in [0.15, 0.2) is 47.2 Å². The summed E-state index contributed by atoms with van der Waals surface area (Å²) in [6, 6.07) is 13.4. The van der Waals surface area contributed by atoms with Gasteiger partial charge in [0, 0.05) is 28.9 Å². The van der Waals surface area contributed by atoms with Gasteiger partial charge in [0.2, 0.25) is 0 Å². The van der Waals surface area contributed by atoms with Crippen LogP contribution in [0.4, 0.5) is 0 Å². The minimum atomic E-state index is 1.38. The van der Waals surface area contributed by atoms with Crippen LogP contribution in [0.3, 0.4) is 0 Å². The number of fused-ring (bicyclic) bond motifs is 3. The summed E-state index contributed by atoms with van der Waals surface area (Å²) < 4.78 is 5.79. The number of hydrogen-bond donors (Lipinski definition) is 0. The number of hydrogen-bond acceptors (Lipinski definition) is 5. The van der Waals surface area contributed by atoms with Gasteiger partial charge in [-0.05, 0) is 35.0 Å². The van der Waals surface area contributed by atoms with Crippen molar-refractivity contribution in [2.45, 2.75) is 0 Å². The third-order valence-electron chi connectivity index (χ3n) is 3.35.